The maximum Gasteiger partial charge on any atom is 0.411 e. The van der Waals surface area contributed by atoms with Gasteiger partial charge in [-0.1, -0.05) is 0 Å². The quantitative estimate of drug-likeness (QED) is 0.617. The van der Waals surface area contributed by atoms with E-state index in [-0.39, 0.29) is 5.69 Å². The highest BCUT2D eigenvalue weighted by Gasteiger charge is 2.02. The fraction of sp³-hybridized carbons (Fsp3) is 0.167. The number of rotatable bonds is 1. The second kappa shape index (κ2) is 3.51. The van der Waals surface area contributed by atoms with Crippen LogP contribution in [-0.2, 0) is 4.74 Å². The van der Waals surface area contributed by atoms with E-state index in [4.69, 9.17) is 0 Å². The van der Waals surface area contributed by atoms with Crippen molar-refractivity contribution in [3.8, 4) is 0 Å². The fourth-order valence-electron chi connectivity index (χ4n) is 0.603. The van der Waals surface area contributed by atoms with Crippen LogP contribution in [0.4, 0.5) is 10.5 Å². The average Bonchev–Trinajstić information content (AvgIpc) is 2.09. The Kier molecular flexibility index (Phi) is 2.42. The van der Waals surface area contributed by atoms with E-state index in [1.54, 1.807) is 0 Å². The molecule has 1 amide bonds. The topological polar surface area (TPSA) is 84.1 Å². The number of carbonyl (C=O) groups is 1. The number of nitrogens with zero attached hydrogens (tertiary/aromatic N) is 1. The molecule has 0 atom stereocenters. The summed E-state index contributed by atoms with van der Waals surface area (Å²) in [6.07, 6.45) is 0.666. The summed E-state index contributed by atoms with van der Waals surface area (Å²) in [5.74, 6) is 0. The molecule has 0 saturated carbocycles. The molecule has 0 radical (unpaired) electrons. The number of aromatic nitrogens is 2. The lowest BCUT2D eigenvalue weighted by atomic mass is 10.5. The van der Waals surface area contributed by atoms with Gasteiger partial charge >= 0.3 is 6.09 Å². The van der Waals surface area contributed by atoms with Gasteiger partial charge in [0.15, 0.2) is 0 Å². The maximum absolute atomic E-state index is 10.9. The molecular weight excluding hydrogens is 162 g/mol. The van der Waals surface area contributed by atoms with Crippen molar-refractivity contribution in [1.82, 2.24) is 10.2 Å². The summed E-state index contributed by atoms with van der Waals surface area (Å²) in [7, 11) is 1.21. The molecule has 0 aliphatic carbocycles. The van der Waals surface area contributed by atoms with Crippen LogP contribution in [-0.4, -0.2) is 23.4 Å². The molecule has 0 aliphatic heterocycles. The smallest absolute Gasteiger partial charge is 0.411 e. The van der Waals surface area contributed by atoms with E-state index < -0.39 is 11.7 Å². The van der Waals surface area contributed by atoms with Gasteiger partial charge in [0.25, 0.3) is 5.56 Å². The van der Waals surface area contributed by atoms with Crippen LogP contribution in [0.5, 0.6) is 0 Å². The molecule has 1 heterocycles. The number of aromatic amines is 1. The highest BCUT2D eigenvalue weighted by atomic mass is 16.5. The molecule has 2 N–H and O–H groups in total. The van der Waals surface area contributed by atoms with E-state index in [0.717, 1.165) is 0 Å². The highest BCUT2D eigenvalue weighted by molar-refractivity contribution is 5.83. The van der Waals surface area contributed by atoms with Gasteiger partial charge in [0, 0.05) is 6.20 Å². The van der Waals surface area contributed by atoms with Gasteiger partial charge in [-0.05, 0) is 6.07 Å². The summed E-state index contributed by atoms with van der Waals surface area (Å²) in [6.45, 7) is 0. The zero-order valence-corrected chi connectivity index (χ0v) is 6.33. The summed E-state index contributed by atoms with van der Waals surface area (Å²) in [4.78, 5) is 21.5. The molecule has 1 rings (SSSR count). The lowest BCUT2D eigenvalue weighted by molar-refractivity contribution is 0.187. The first kappa shape index (κ1) is 8.25. The van der Waals surface area contributed by atoms with Gasteiger partial charge in [0.05, 0.1) is 7.11 Å². The van der Waals surface area contributed by atoms with Crippen LogP contribution < -0.4 is 10.9 Å². The third-order valence-electron chi connectivity index (χ3n) is 1.15. The minimum Gasteiger partial charge on any atom is -0.453 e. The van der Waals surface area contributed by atoms with Crippen LogP contribution in [0.1, 0.15) is 0 Å². The van der Waals surface area contributed by atoms with Crippen LogP contribution in [0.3, 0.4) is 0 Å². The normalized spacial score (nSPS) is 9.08. The number of hydrogen-bond acceptors (Lipinski definition) is 4. The molecule has 0 aliphatic rings. The van der Waals surface area contributed by atoms with E-state index in [1.165, 1.54) is 19.4 Å². The summed E-state index contributed by atoms with van der Waals surface area (Å²) in [5, 5.41) is 7.82. The minimum atomic E-state index is -0.688. The molecule has 0 unspecified atom stereocenters. The zero-order chi connectivity index (χ0) is 8.97. The van der Waals surface area contributed by atoms with Crippen LogP contribution >= 0.6 is 0 Å². The molecule has 12 heavy (non-hydrogen) atoms. The van der Waals surface area contributed by atoms with Crippen molar-refractivity contribution in [2.24, 2.45) is 0 Å². The Balaban J connectivity index is 2.83. The van der Waals surface area contributed by atoms with Crippen molar-refractivity contribution in [1.29, 1.82) is 0 Å². The third kappa shape index (κ3) is 1.82. The highest BCUT2D eigenvalue weighted by Crippen LogP contribution is 1.94. The Morgan fingerprint density at radius 3 is 3.08 bits per heavy atom. The molecule has 0 saturated heterocycles. The Labute approximate surface area is 67.6 Å². The summed E-state index contributed by atoms with van der Waals surface area (Å²) in [6, 6.07) is 1.37. The average molecular weight is 169 g/mol. The molecule has 6 nitrogen and oxygen atoms in total. The van der Waals surface area contributed by atoms with Crippen LogP contribution in [0.25, 0.3) is 0 Å². The van der Waals surface area contributed by atoms with Crippen LogP contribution in [0.15, 0.2) is 17.1 Å². The third-order valence-corrected chi connectivity index (χ3v) is 1.15. The number of H-pyrrole nitrogens is 1. The summed E-state index contributed by atoms with van der Waals surface area (Å²) >= 11 is 0. The molecule has 0 spiro atoms. The van der Waals surface area contributed by atoms with Crippen molar-refractivity contribution in [2.75, 3.05) is 12.4 Å². The number of anilines is 1. The lowest BCUT2D eigenvalue weighted by Crippen LogP contribution is -2.19. The number of hydrogen-bond donors (Lipinski definition) is 2. The van der Waals surface area contributed by atoms with Crippen molar-refractivity contribution < 1.29 is 9.53 Å². The standard InChI is InChI=1S/C6H7N3O3/c1-12-6(11)8-4-2-3-7-9-5(4)10/h2-3H,1H3,(H,9,10)(H,7,8,11). The minimum absolute atomic E-state index is 0.108. The Morgan fingerprint density at radius 2 is 2.50 bits per heavy atom. The van der Waals surface area contributed by atoms with Crippen molar-refractivity contribution in [3.05, 3.63) is 22.6 Å². The first-order valence-corrected chi connectivity index (χ1v) is 3.12. The second-order valence-corrected chi connectivity index (χ2v) is 1.92. The van der Waals surface area contributed by atoms with Gasteiger partial charge in [-0.2, -0.15) is 5.10 Å². The molecule has 0 bridgehead atoms. The van der Waals surface area contributed by atoms with E-state index in [9.17, 15) is 9.59 Å². The number of amides is 1. The number of carbonyl (C=O) groups excluding carboxylic acids is 1. The summed E-state index contributed by atoms with van der Waals surface area (Å²) < 4.78 is 4.29. The maximum atomic E-state index is 10.9. The Bertz CT molecular complexity index is 333. The van der Waals surface area contributed by atoms with E-state index in [2.05, 4.69) is 20.3 Å². The van der Waals surface area contributed by atoms with Crippen molar-refractivity contribution in [3.63, 3.8) is 0 Å². The molecule has 1 aromatic heterocycles. The van der Waals surface area contributed by atoms with Gasteiger partial charge in [-0.15, -0.1) is 0 Å². The Morgan fingerprint density at radius 1 is 1.75 bits per heavy atom. The number of methoxy groups -OCH3 is 1. The number of ether oxygens (including phenoxy) is 1. The first-order valence-electron chi connectivity index (χ1n) is 3.12. The monoisotopic (exact) mass is 169 g/mol. The zero-order valence-electron chi connectivity index (χ0n) is 6.33. The lowest BCUT2D eigenvalue weighted by Gasteiger charge is -1.99. The Hall–Kier alpha value is -1.85. The van der Waals surface area contributed by atoms with Crippen molar-refractivity contribution in [2.45, 2.75) is 0 Å². The largest absolute Gasteiger partial charge is 0.453 e. The van der Waals surface area contributed by atoms with Crippen LogP contribution in [0.2, 0.25) is 0 Å². The molecule has 0 fully saturated rings. The fourth-order valence-corrected chi connectivity index (χ4v) is 0.603. The molecule has 0 aromatic carbocycles. The molecular formula is C6H7N3O3. The van der Waals surface area contributed by atoms with E-state index >= 15 is 0 Å². The molecule has 64 valence electrons. The first-order chi connectivity index (χ1) is 5.74. The predicted octanol–water partition coefficient (Wildman–Crippen LogP) is -0.0518. The van der Waals surface area contributed by atoms with Gasteiger partial charge < -0.3 is 4.74 Å². The predicted molar refractivity (Wildman–Crippen MR) is 40.9 cm³/mol. The molecule has 1 aromatic rings. The van der Waals surface area contributed by atoms with Gasteiger partial charge in [-0.25, -0.2) is 9.89 Å². The van der Waals surface area contributed by atoms with Gasteiger partial charge in [0.2, 0.25) is 0 Å². The molecule has 6 heteroatoms. The van der Waals surface area contributed by atoms with E-state index in [0.29, 0.717) is 0 Å². The number of nitrogens with one attached hydrogen (secondary N) is 2. The van der Waals surface area contributed by atoms with Crippen LogP contribution in [0, 0.1) is 0 Å². The summed E-state index contributed by atoms with van der Waals surface area (Å²) in [5.41, 5.74) is -0.361. The second-order valence-electron chi connectivity index (χ2n) is 1.92. The van der Waals surface area contributed by atoms with Gasteiger partial charge in [-0.3, -0.25) is 10.1 Å². The van der Waals surface area contributed by atoms with Gasteiger partial charge in [0.1, 0.15) is 5.69 Å². The van der Waals surface area contributed by atoms with Crippen molar-refractivity contribution >= 4 is 11.8 Å². The SMILES string of the molecule is COC(=O)Nc1ccn[nH]c1=O. The van der Waals surface area contributed by atoms with E-state index in [1.807, 2.05) is 0 Å².